The molecule has 0 unspecified atom stereocenters. The van der Waals surface area contributed by atoms with Gasteiger partial charge in [0.25, 0.3) is 0 Å². The Bertz CT molecular complexity index is 1820. The van der Waals surface area contributed by atoms with Crippen molar-refractivity contribution in [1.82, 2.24) is 24.8 Å². The fourth-order valence-electron chi connectivity index (χ4n) is 5.36. The number of H-pyrrole nitrogens is 1. The highest BCUT2D eigenvalue weighted by Crippen LogP contribution is 2.32. The van der Waals surface area contributed by atoms with Gasteiger partial charge in [0.2, 0.25) is 0 Å². The number of aromatic amines is 1. The molecule has 0 saturated heterocycles. The van der Waals surface area contributed by atoms with Gasteiger partial charge in [-0.25, -0.2) is 9.37 Å². The molecule has 8 nitrogen and oxygen atoms in total. The molecule has 44 heavy (non-hydrogen) atoms. The van der Waals surface area contributed by atoms with Crippen molar-refractivity contribution in [2.45, 2.75) is 12.8 Å². The first kappa shape index (κ1) is 30.6. The number of halogens is 1. The number of rotatable bonds is 12. The van der Waals surface area contributed by atoms with Crippen LogP contribution in [0.1, 0.15) is 23.2 Å². The van der Waals surface area contributed by atoms with Crippen molar-refractivity contribution in [3.63, 3.8) is 0 Å². The SMILES string of the molecule is C=C(CN(C)C)Nc1cncc(-c2cnc(N)c(C(=N)c3cc4c(-c5cc(F)cc(CCCN(C)C)c5)cccc4[nH]3)c2)c1. The Kier molecular flexibility index (Phi) is 9.18. The first-order valence-corrected chi connectivity index (χ1v) is 14.5. The topological polar surface area (TPSA) is 110 Å². The van der Waals surface area contributed by atoms with E-state index >= 15 is 0 Å². The summed E-state index contributed by atoms with van der Waals surface area (Å²) >= 11 is 0. The van der Waals surface area contributed by atoms with Gasteiger partial charge < -0.3 is 25.8 Å². The molecule has 3 aromatic heterocycles. The van der Waals surface area contributed by atoms with Crippen LogP contribution in [0.3, 0.4) is 0 Å². The van der Waals surface area contributed by atoms with Crippen molar-refractivity contribution >= 4 is 28.1 Å². The number of fused-ring (bicyclic) bond motifs is 1. The van der Waals surface area contributed by atoms with Gasteiger partial charge in [-0.15, -0.1) is 0 Å². The number of nitrogen functional groups attached to an aromatic ring is 1. The molecule has 0 aliphatic carbocycles. The Balaban J connectivity index is 1.44. The summed E-state index contributed by atoms with van der Waals surface area (Å²) in [5.41, 5.74) is 14.4. The maximum Gasteiger partial charge on any atom is 0.132 e. The molecule has 0 spiro atoms. The maximum absolute atomic E-state index is 14.7. The lowest BCUT2D eigenvalue weighted by atomic mass is 9.97. The van der Waals surface area contributed by atoms with Crippen LogP contribution in [0.2, 0.25) is 0 Å². The molecule has 0 saturated carbocycles. The molecule has 0 bridgehead atoms. The van der Waals surface area contributed by atoms with Gasteiger partial charge in [-0.3, -0.25) is 10.4 Å². The van der Waals surface area contributed by atoms with E-state index in [1.165, 1.54) is 0 Å². The first-order valence-electron chi connectivity index (χ1n) is 14.5. The molecule has 226 valence electrons. The van der Waals surface area contributed by atoms with E-state index in [1.54, 1.807) is 30.7 Å². The second kappa shape index (κ2) is 13.2. The van der Waals surface area contributed by atoms with Crippen molar-refractivity contribution in [3.05, 3.63) is 108 Å². The Labute approximate surface area is 258 Å². The number of hydrogen-bond acceptors (Lipinski definition) is 7. The lowest BCUT2D eigenvalue weighted by Crippen LogP contribution is -2.18. The molecule has 0 atom stereocenters. The highest BCUT2D eigenvalue weighted by atomic mass is 19.1. The van der Waals surface area contributed by atoms with E-state index < -0.39 is 0 Å². The minimum absolute atomic E-state index is 0.212. The zero-order valence-electron chi connectivity index (χ0n) is 25.7. The van der Waals surface area contributed by atoms with Gasteiger partial charge in [0.1, 0.15) is 11.6 Å². The molecule has 0 fully saturated rings. The van der Waals surface area contributed by atoms with Crippen LogP contribution in [0, 0.1) is 11.2 Å². The minimum Gasteiger partial charge on any atom is -0.383 e. The third kappa shape index (κ3) is 7.19. The Morgan fingerprint density at radius 3 is 2.55 bits per heavy atom. The second-order valence-corrected chi connectivity index (χ2v) is 11.7. The zero-order chi connectivity index (χ0) is 31.4. The van der Waals surface area contributed by atoms with E-state index in [-0.39, 0.29) is 17.3 Å². The number of nitrogens with two attached hydrogens (primary N) is 1. The Hall–Kier alpha value is -4.86. The van der Waals surface area contributed by atoms with Gasteiger partial charge in [-0.2, -0.15) is 0 Å². The molecule has 5 rings (SSSR count). The van der Waals surface area contributed by atoms with Crippen LogP contribution in [-0.4, -0.2) is 71.7 Å². The molecule has 0 aliphatic rings. The quantitative estimate of drug-likeness (QED) is 0.125. The molecular weight excluding hydrogens is 551 g/mol. The standard InChI is InChI=1S/C35H39FN8/c1-22(21-44(4)5)41-28-15-25(18-39-20-28)26-16-31(35(38)40-19-26)34(37)33-17-30-29(9-6-10-32(30)42-33)24-12-23(13-27(36)14-24)8-7-11-43(2)3/h6,9-10,12-20,37,41-42H,1,7-8,11,21H2,2-5H3,(H2,38,40). The lowest BCUT2D eigenvalue weighted by Gasteiger charge is -2.15. The molecule has 9 heteroatoms. The zero-order valence-corrected chi connectivity index (χ0v) is 25.7. The summed E-state index contributed by atoms with van der Waals surface area (Å²) in [4.78, 5) is 16.3. The largest absolute Gasteiger partial charge is 0.383 e. The molecule has 0 aliphatic heterocycles. The smallest absolute Gasteiger partial charge is 0.132 e. The number of benzene rings is 2. The predicted molar refractivity (Wildman–Crippen MR) is 180 cm³/mol. The van der Waals surface area contributed by atoms with Gasteiger partial charge in [0.05, 0.1) is 23.3 Å². The molecule has 5 aromatic rings. The molecular formula is C35H39FN8. The summed E-state index contributed by atoms with van der Waals surface area (Å²) < 4.78 is 14.7. The van der Waals surface area contributed by atoms with E-state index in [4.69, 9.17) is 11.1 Å². The average molecular weight is 591 g/mol. The summed E-state index contributed by atoms with van der Waals surface area (Å²) in [6, 6.07) is 16.9. The van der Waals surface area contributed by atoms with Crippen molar-refractivity contribution in [3.8, 4) is 22.3 Å². The van der Waals surface area contributed by atoms with Crippen LogP contribution < -0.4 is 11.1 Å². The number of aromatic nitrogens is 3. The number of aryl methyl sites for hydroxylation is 1. The van der Waals surface area contributed by atoms with Gasteiger partial charge in [0.15, 0.2) is 0 Å². The fraction of sp³-hybridized carbons (Fsp3) is 0.229. The van der Waals surface area contributed by atoms with Gasteiger partial charge in [-0.1, -0.05) is 24.8 Å². The highest BCUT2D eigenvalue weighted by Gasteiger charge is 2.16. The number of nitrogens with one attached hydrogen (secondary N) is 3. The summed E-state index contributed by atoms with van der Waals surface area (Å²) in [6.07, 6.45) is 6.92. The number of nitrogens with zero attached hydrogens (tertiary/aromatic N) is 4. The minimum atomic E-state index is -0.255. The first-order chi connectivity index (χ1) is 21.1. The average Bonchev–Trinajstić information content (AvgIpc) is 3.41. The summed E-state index contributed by atoms with van der Waals surface area (Å²) in [7, 11) is 8.05. The molecule has 5 N–H and O–H groups in total. The number of likely N-dealkylation sites (N-methyl/N-ethyl adjacent to an activating group) is 1. The van der Waals surface area contributed by atoms with Gasteiger partial charge in [0, 0.05) is 52.2 Å². The van der Waals surface area contributed by atoms with Crippen molar-refractivity contribution in [2.24, 2.45) is 0 Å². The van der Waals surface area contributed by atoms with E-state index in [0.29, 0.717) is 17.8 Å². The van der Waals surface area contributed by atoms with Crippen LogP contribution in [0.5, 0.6) is 0 Å². The van der Waals surface area contributed by atoms with E-state index in [1.807, 2.05) is 69.5 Å². The highest BCUT2D eigenvalue weighted by molar-refractivity contribution is 6.15. The summed E-state index contributed by atoms with van der Waals surface area (Å²) in [6.45, 7) is 5.72. The van der Waals surface area contributed by atoms with E-state index in [0.717, 1.165) is 69.5 Å². The third-order valence-corrected chi connectivity index (χ3v) is 7.36. The summed E-state index contributed by atoms with van der Waals surface area (Å²) in [5, 5.41) is 13.3. The van der Waals surface area contributed by atoms with E-state index in [2.05, 4.69) is 37.8 Å². The van der Waals surface area contributed by atoms with Crippen LogP contribution in [0.15, 0.2) is 85.5 Å². The van der Waals surface area contributed by atoms with Crippen molar-refractivity contribution in [2.75, 3.05) is 52.3 Å². The number of hydrogen-bond donors (Lipinski definition) is 4. The maximum atomic E-state index is 14.7. The third-order valence-electron chi connectivity index (χ3n) is 7.36. The van der Waals surface area contributed by atoms with E-state index in [9.17, 15) is 4.39 Å². The Morgan fingerprint density at radius 2 is 1.77 bits per heavy atom. The van der Waals surface area contributed by atoms with Crippen molar-refractivity contribution < 1.29 is 4.39 Å². The normalized spacial score (nSPS) is 11.4. The lowest BCUT2D eigenvalue weighted by molar-refractivity contribution is 0.400. The monoisotopic (exact) mass is 590 g/mol. The van der Waals surface area contributed by atoms with Gasteiger partial charge in [-0.05, 0) is 101 Å². The second-order valence-electron chi connectivity index (χ2n) is 11.7. The van der Waals surface area contributed by atoms with Crippen LogP contribution in [0.25, 0.3) is 33.2 Å². The van der Waals surface area contributed by atoms with Gasteiger partial charge >= 0.3 is 0 Å². The fourth-order valence-corrected chi connectivity index (χ4v) is 5.36. The number of anilines is 2. The van der Waals surface area contributed by atoms with Crippen LogP contribution >= 0.6 is 0 Å². The van der Waals surface area contributed by atoms with Crippen LogP contribution in [0.4, 0.5) is 15.9 Å². The summed E-state index contributed by atoms with van der Waals surface area (Å²) in [5.74, 6) is 0.000944. The predicted octanol–water partition coefficient (Wildman–Crippen LogP) is 6.41. The molecule has 0 radical (unpaired) electrons. The van der Waals surface area contributed by atoms with Crippen LogP contribution in [-0.2, 0) is 6.42 Å². The number of pyridine rings is 2. The molecule has 2 aromatic carbocycles. The Morgan fingerprint density at radius 1 is 0.977 bits per heavy atom. The van der Waals surface area contributed by atoms with Crippen molar-refractivity contribution in [1.29, 1.82) is 5.41 Å². The molecule has 0 amide bonds. The molecule has 3 heterocycles.